The highest BCUT2D eigenvalue weighted by Crippen LogP contribution is 2.24. The molecule has 0 saturated carbocycles. The summed E-state index contributed by atoms with van der Waals surface area (Å²) in [5.74, 6) is -1.35. The number of para-hydroxylation sites is 1. The van der Waals surface area contributed by atoms with E-state index in [1.54, 1.807) is 55.5 Å². The van der Waals surface area contributed by atoms with Crippen molar-refractivity contribution in [2.24, 2.45) is 0 Å². The Hall–Kier alpha value is -3.72. The first-order valence-electron chi connectivity index (χ1n) is 12.1. The lowest BCUT2D eigenvalue weighted by Crippen LogP contribution is -2.52. The van der Waals surface area contributed by atoms with E-state index < -0.39 is 34.3 Å². The molecule has 0 aliphatic rings. The SMILES string of the molecule is CC[C@H](C)NC(=O)[C@@H](C)N(Cc1ccc(F)cc1)C(=O)CN(c1ccccc1)S(=O)(=O)c1ccccc1. The number of nitrogens with one attached hydrogen (secondary N) is 1. The van der Waals surface area contributed by atoms with Crippen LogP contribution in [0.25, 0.3) is 0 Å². The van der Waals surface area contributed by atoms with E-state index >= 15 is 0 Å². The average molecular weight is 526 g/mol. The Labute approximate surface area is 218 Å². The fourth-order valence-corrected chi connectivity index (χ4v) is 5.11. The van der Waals surface area contributed by atoms with Crippen LogP contribution in [0.15, 0.2) is 89.8 Å². The highest BCUT2D eigenvalue weighted by atomic mass is 32.2. The van der Waals surface area contributed by atoms with Crippen molar-refractivity contribution in [1.29, 1.82) is 0 Å². The molecule has 37 heavy (non-hydrogen) atoms. The molecule has 0 saturated heterocycles. The van der Waals surface area contributed by atoms with Gasteiger partial charge >= 0.3 is 0 Å². The molecular weight excluding hydrogens is 493 g/mol. The van der Waals surface area contributed by atoms with Crippen LogP contribution in [0.5, 0.6) is 0 Å². The molecule has 9 heteroatoms. The van der Waals surface area contributed by atoms with Crippen LogP contribution in [0.2, 0.25) is 0 Å². The lowest BCUT2D eigenvalue weighted by molar-refractivity contribution is -0.139. The molecule has 0 fully saturated rings. The molecule has 0 aliphatic carbocycles. The molecule has 0 radical (unpaired) electrons. The Kier molecular flexibility index (Phi) is 9.41. The van der Waals surface area contributed by atoms with E-state index in [-0.39, 0.29) is 23.4 Å². The topological polar surface area (TPSA) is 86.8 Å². The summed E-state index contributed by atoms with van der Waals surface area (Å²) in [6.45, 7) is 4.87. The maximum atomic E-state index is 13.7. The first-order chi connectivity index (χ1) is 17.6. The molecule has 1 N–H and O–H groups in total. The van der Waals surface area contributed by atoms with Crippen LogP contribution in [-0.2, 0) is 26.2 Å². The van der Waals surface area contributed by atoms with Crippen molar-refractivity contribution >= 4 is 27.5 Å². The van der Waals surface area contributed by atoms with Crippen molar-refractivity contribution in [3.8, 4) is 0 Å². The van der Waals surface area contributed by atoms with Gasteiger partial charge in [0, 0.05) is 12.6 Å². The molecule has 196 valence electrons. The average Bonchev–Trinajstić information content (AvgIpc) is 2.91. The Bertz CT molecular complexity index is 1290. The fourth-order valence-electron chi connectivity index (χ4n) is 3.68. The zero-order valence-corrected chi connectivity index (χ0v) is 22.0. The highest BCUT2D eigenvalue weighted by Gasteiger charge is 2.32. The van der Waals surface area contributed by atoms with E-state index in [1.165, 1.54) is 41.3 Å². The van der Waals surface area contributed by atoms with Crippen LogP contribution in [0.3, 0.4) is 0 Å². The second kappa shape index (κ2) is 12.5. The predicted octanol–water partition coefficient (Wildman–Crippen LogP) is 4.35. The first kappa shape index (κ1) is 27.9. The van der Waals surface area contributed by atoms with Gasteiger partial charge in [0.25, 0.3) is 10.0 Å². The van der Waals surface area contributed by atoms with Gasteiger partial charge in [-0.15, -0.1) is 0 Å². The van der Waals surface area contributed by atoms with Gasteiger partial charge in [0.2, 0.25) is 11.8 Å². The van der Waals surface area contributed by atoms with Gasteiger partial charge in [0.15, 0.2) is 0 Å². The zero-order chi connectivity index (χ0) is 27.0. The van der Waals surface area contributed by atoms with Crippen LogP contribution in [0, 0.1) is 5.82 Å². The van der Waals surface area contributed by atoms with Crippen molar-refractivity contribution < 1.29 is 22.4 Å². The summed E-state index contributed by atoms with van der Waals surface area (Å²) in [6.07, 6.45) is 0.710. The van der Waals surface area contributed by atoms with E-state index in [0.29, 0.717) is 17.7 Å². The Morgan fingerprint density at radius 1 is 0.892 bits per heavy atom. The number of rotatable bonds is 11. The van der Waals surface area contributed by atoms with Gasteiger partial charge in [-0.1, -0.05) is 55.5 Å². The quantitative estimate of drug-likeness (QED) is 0.403. The molecule has 2 atom stereocenters. The molecule has 7 nitrogen and oxygen atoms in total. The number of hydrogen-bond donors (Lipinski definition) is 1. The largest absolute Gasteiger partial charge is 0.352 e. The van der Waals surface area contributed by atoms with Gasteiger partial charge < -0.3 is 10.2 Å². The van der Waals surface area contributed by atoms with E-state index in [0.717, 1.165) is 4.31 Å². The van der Waals surface area contributed by atoms with Crippen molar-refractivity contribution in [3.63, 3.8) is 0 Å². The van der Waals surface area contributed by atoms with E-state index in [4.69, 9.17) is 0 Å². The monoisotopic (exact) mass is 525 g/mol. The lowest BCUT2D eigenvalue weighted by atomic mass is 10.1. The number of halogens is 1. The molecule has 0 spiro atoms. The van der Waals surface area contributed by atoms with Gasteiger partial charge in [0.05, 0.1) is 10.6 Å². The number of amides is 2. The Morgan fingerprint density at radius 3 is 2.03 bits per heavy atom. The predicted molar refractivity (Wildman–Crippen MR) is 142 cm³/mol. The van der Waals surface area contributed by atoms with Gasteiger partial charge in [-0.3, -0.25) is 13.9 Å². The lowest BCUT2D eigenvalue weighted by Gasteiger charge is -2.32. The van der Waals surface area contributed by atoms with Crippen LogP contribution in [0.1, 0.15) is 32.8 Å². The standard InChI is InChI=1S/C28H32FN3O4S/c1-4-21(2)30-28(34)22(3)31(19-23-15-17-24(29)18-16-23)27(33)20-32(25-11-7-5-8-12-25)37(35,36)26-13-9-6-10-14-26/h5-18,21-22H,4,19-20H2,1-3H3,(H,30,34)/t21-,22+/m0/s1. The summed E-state index contributed by atoms with van der Waals surface area (Å²) < 4.78 is 41.7. The van der Waals surface area contributed by atoms with Crippen LogP contribution < -0.4 is 9.62 Å². The maximum absolute atomic E-state index is 13.7. The third-order valence-corrected chi connectivity index (χ3v) is 7.88. The van der Waals surface area contributed by atoms with Crippen molar-refractivity contribution in [3.05, 3.63) is 96.3 Å². The van der Waals surface area contributed by atoms with Gasteiger partial charge in [-0.25, -0.2) is 12.8 Å². The highest BCUT2D eigenvalue weighted by molar-refractivity contribution is 7.92. The van der Waals surface area contributed by atoms with Crippen LogP contribution >= 0.6 is 0 Å². The molecule has 3 aromatic carbocycles. The zero-order valence-electron chi connectivity index (χ0n) is 21.2. The normalized spacial score (nSPS) is 12.9. The fraction of sp³-hybridized carbons (Fsp3) is 0.286. The summed E-state index contributed by atoms with van der Waals surface area (Å²) in [5.41, 5.74) is 0.924. The number of sulfonamides is 1. The Morgan fingerprint density at radius 2 is 1.46 bits per heavy atom. The second-order valence-electron chi connectivity index (χ2n) is 8.80. The van der Waals surface area contributed by atoms with Crippen LogP contribution in [0.4, 0.5) is 10.1 Å². The van der Waals surface area contributed by atoms with Crippen molar-refractivity contribution in [2.45, 2.75) is 50.7 Å². The van der Waals surface area contributed by atoms with Gasteiger partial charge in [-0.05, 0) is 62.2 Å². The second-order valence-corrected chi connectivity index (χ2v) is 10.7. The molecule has 3 aromatic rings. The molecule has 0 unspecified atom stereocenters. The Balaban J connectivity index is 1.98. The van der Waals surface area contributed by atoms with E-state index in [1.807, 2.05) is 13.8 Å². The summed E-state index contributed by atoms with van der Waals surface area (Å²) in [4.78, 5) is 28.1. The minimum Gasteiger partial charge on any atom is -0.352 e. The first-order valence-corrected chi connectivity index (χ1v) is 13.5. The minimum atomic E-state index is -4.09. The third kappa shape index (κ3) is 7.16. The molecule has 0 heterocycles. The molecule has 3 rings (SSSR count). The number of hydrogen-bond acceptors (Lipinski definition) is 4. The molecule has 0 aromatic heterocycles. The van der Waals surface area contributed by atoms with Crippen molar-refractivity contribution in [1.82, 2.24) is 10.2 Å². The molecule has 2 amide bonds. The maximum Gasteiger partial charge on any atom is 0.264 e. The molecular formula is C28H32FN3O4S. The smallest absolute Gasteiger partial charge is 0.264 e. The number of carbonyl (C=O) groups is 2. The van der Waals surface area contributed by atoms with Crippen molar-refractivity contribution in [2.75, 3.05) is 10.8 Å². The summed E-state index contributed by atoms with van der Waals surface area (Å²) in [7, 11) is -4.09. The minimum absolute atomic E-state index is 0.00220. The third-order valence-electron chi connectivity index (χ3n) is 6.09. The summed E-state index contributed by atoms with van der Waals surface area (Å²) >= 11 is 0. The number of anilines is 1. The number of carbonyl (C=O) groups excluding carboxylic acids is 2. The van der Waals surface area contributed by atoms with Crippen LogP contribution in [-0.4, -0.2) is 43.8 Å². The van der Waals surface area contributed by atoms with Gasteiger partial charge in [0.1, 0.15) is 18.4 Å². The number of benzene rings is 3. The van der Waals surface area contributed by atoms with E-state index in [2.05, 4.69) is 5.32 Å². The van der Waals surface area contributed by atoms with Gasteiger partial charge in [-0.2, -0.15) is 0 Å². The van der Waals surface area contributed by atoms with E-state index in [9.17, 15) is 22.4 Å². The molecule has 0 bridgehead atoms. The molecule has 0 aliphatic heterocycles. The summed E-state index contributed by atoms with van der Waals surface area (Å²) in [6, 6.07) is 20.8. The summed E-state index contributed by atoms with van der Waals surface area (Å²) in [5, 5.41) is 2.88. The number of nitrogens with zero attached hydrogens (tertiary/aromatic N) is 2.